The topological polar surface area (TPSA) is 39.1 Å². The molecule has 2 aromatic rings. The van der Waals surface area contributed by atoms with Crippen LogP contribution in [0.4, 0.5) is 0 Å². The van der Waals surface area contributed by atoms with Crippen molar-refractivity contribution in [2.24, 2.45) is 5.41 Å². The first kappa shape index (κ1) is 12.0. The second-order valence-electron chi connectivity index (χ2n) is 5.30. The van der Waals surface area contributed by atoms with Crippen molar-refractivity contribution in [3.8, 4) is 0 Å². The lowest BCUT2D eigenvalue weighted by atomic mass is 9.92. The molecule has 0 amide bonds. The third-order valence-corrected chi connectivity index (χ3v) is 3.34. The highest BCUT2D eigenvalue weighted by Crippen LogP contribution is 2.22. The zero-order valence-electron chi connectivity index (χ0n) is 10.2. The first-order valence-corrected chi connectivity index (χ1v) is 6.34. The van der Waals surface area contributed by atoms with E-state index in [-0.39, 0.29) is 16.2 Å². The molecule has 0 atom stereocenters. The van der Waals surface area contributed by atoms with Crippen molar-refractivity contribution < 1.29 is 4.79 Å². The van der Waals surface area contributed by atoms with Crippen molar-refractivity contribution >= 4 is 27.5 Å². The Balaban J connectivity index is 2.52. The van der Waals surface area contributed by atoms with Gasteiger partial charge in [-0.05, 0) is 17.5 Å². The molecule has 0 unspecified atom stereocenters. The van der Waals surface area contributed by atoms with E-state index < -0.39 is 0 Å². The van der Waals surface area contributed by atoms with Crippen molar-refractivity contribution in [3.05, 3.63) is 33.9 Å². The van der Waals surface area contributed by atoms with E-state index in [1.807, 2.05) is 45.0 Å². The van der Waals surface area contributed by atoms with Crippen LogP contribution in [0.5, 0.6) is 0 Å². The standard InChI is InChI=1S/C13H15NO2S/c1-13(2,3)8-11(15)14-9-6-4-5-7-10(9)17-12(14)16/h4-7H,8H2,1-3H3. The molecule has 0 radical (unpaired) electrons. The zero-order valence-corrected chi connectivity index (χ0v) is 11.0. The molecular weight excluding hydrogens is 234 g/mol. The predicted octanol–water partition coefficient (Wildman–Crippen LogP) is 3.14. The molecule has 2 rings (SSSR count). The minimum Gasteiger partial charge on any atom is -0.274 e. The summed E-state index contributed by atoms with van der Waals surface area (Å²) in [6.07, 6.45) is 0.369. The molecule has 0 aliphatic rings. The Labute approximate surface area is 104 Å². The number of hydrogen-bond donors (Lipinski definition) is 0. The fourth-order valence-electron chi connectivity index (χ4n) is 1.74. The van der Waals surface area contributed by atoms with E-state index in [1.165, 1.54) is 4.57 Å². The third kappa shape index (κ3) is 2.47. The van der Waals surface area contributed by atoms with Crippen molar-refractivity contribution in [2.45, 2.75) is 27.2 Å². The van der Waals surface area contributed by atoms with Crippen molar-refractivity contribution in [1.82, 2.24) is 4.57 Å². The lowest BCUT2D eigenvalue weighted by Crippen LogP contribution is -2.25. The second kappa shape index (κ2) is 4.11. The largest absolute Gasteiger partial charge is 0.314 e. The highest BCUT2D eigenvalue weighted by atomic mass is 32.1. The highest BCUT2D eigenvalue weighted by molar-refractivity contribution is 7.16. The molecule has 0 saturated heterocycles. The normalized spacial score (nSPS) is 11.9. The number of rotatable bonds is 1. The van der Waals surface area contributed by atoms with Crippen LogP contribution in [0.1, 0.15) is 32.0 Å². The molecule has 17 heavy (non-hydrogen) atoms. The van der Waals surface area contributed by atoms with Crippen LogP contribution in [0.2, 0.25) is 0 Å². The van der Waals surface area contributed by atoms with E-state index in [4.69, 9.17) is 0 Å². The molecule has 0 spiro atoms. The Kier molecular flexibility index (Phi) is 2.91. The van der Waals surface area contributed by atoms with Gasteiger partial charge in [0.2, 0.25) is 5.91 Å². The molecule has 90 valence electrons. The fraction of sp³-hybridized carbons (Fsp3) is 0.385. The van der Waals surface area contributed by atoms with Gasteiger partial charge in [-0.25, -0.2) is 4.57 Å². The van der Waals surface area contributed by atoms with Gasteiger partial charge >= 0.3 is 4.87 Å². The molecule has 1 heterocycles. The molecule has 0 aliphatic carbocycles. The molecule has 0 fully saturated rings. The highest BCUT2D eigenvalue weighted by Gasteiger charge is 2.20. The summed E-state index contributed by atoms with van der Waals surface area (Å²) in [5.41, 5.74) is 0.608. The first-order valence-electron chi connectivity index (χ1n) is 5.52. The maximum Gasteiger partial charge on any atom is 0.314 e. The van der Waals surface area contributed by atoms with E-state index >= 15 is 0 Å². The summed E-state index contributed by atoms with van der Waals surface area (Å²) in [4.78, 5) is 23.8. The van der Waals surface area contributed by atoms with Gasteiger partial charge in [0.25, 0.3) is 0 Å². The Morgan fingerprint density at radius 2 is 1.94 bits per heavy atom. The zero-order chi connectivity index (χ0) is 12.6. The van der Waals surface area contributed by atoms with Crippen LogP contribution >= 0.6 is 11.3 Å². The predicted molar refractivity (Wildman–Crippen MR) is 70.8 cm³/mol. The molecule has 1 aromatic heterocycles. The van der Waals surface area contributed by atoms with Gasteiger partial charge in [-0.1, -0.05) is 44.2 Å². The number of thiazole rings is 1. The Morgan fingerprint density at radius 1 is 1.29 bits per heavy atom. The van der Waals surface area contributed by atoms with Gasteiger partial charge in [0.15, 0.2) is 0 Å². The van der Waals surface area contributed by atoms with Crippen LogP contribution in [0.3, 0.4) is 0 Å². The maximum atomic E-state index is 12.1. The van der Waals surface area contributed by atoms with E-state index in [0.717, 1.165) is 21.6 Å². The van der Waals surface area contributed by atoms with E-state index in [2.05, 4.69) is 0 Å². The molecule has 0 N–H and O–H groups in total. The summed E-state index contributed by atoms with van der Waals surface area (Å²) < 4.78 is 2.16. The summed E-state index contributed by atoms with van der Waals surface area (Å²) in [6.45, 7) is 5.97. The van der Waals surface area contributed by atoms with Crippen molar-refractivity contribution in [2.75, 3.05) is 0 Å². The van der Waals surface area contributed by atoms with Gasteiger partial charge in [-0.15, -0.1) is 0 Å². The minimum atomic E-state index is -0.194. The number of nitrogens with zero attached hydrogens (tertiary/aromatic N) is 1. The number of benzene rings is 1. The van der Waals surface area contributed by atoms with Crippen LogP contribution in [-0.4, -0.2) is 10.5 Å². The molecule has 1 aromatic carbocycles. The van der Waals surface area contributed by atoms with Gasteiger partial charge in [-0.3, -0.25) is 9.59 Å². The summed E-state index contributed by atoms with van der Waals surface area (Å²) in [5, 5.41) is 0. The number of carbonyl (C=O) groups is 1. The number of hydrogen-bond acceptors (Lipinski definition) is 3. The van der Waals surface area contributed by atoms with Crippen LogP contribution in [-0.2, 0) is 0 Å². The quantitative estimate of drug-likeness (QED) is 0.778. The summed E-state index contributed by atoms with van der Waals surface area (Å²) >= 11 is 1.12. The molecule has 0 aliphatic heterocycles. The fourth-order valence-corrected chi connectivity index (χ4v) is 2.63. The third-order valence-electron chi connectivity index (χ3n) is 2.42. The maximum absolute atomic E-state index is 12.1. The lowest BCUT2D eigenvalue weighted by molar-refractivity contribution is 0.0859. The lowest BCUT2D eigenvalue weighted by Gasteiger charge is -2.16. The minimum absolute atomic E-state index is 0.112. The van der Waals surface area contributed by atoms with E-state index in [0.29, 0.717) is 6.42 Å². The first-order chi connectivity index (χ1) is 7.88. The number of aromatic nitrogens is 1. The van der Waals surface area contributed by atoms with E-state index in [9.17, 15) is 9.59 Å². The second-order valence-corrected chi connectivity index (χ2v) is 6.30. The van der Waals surface area contributed by atoms with Crippen LogP contribution in [0.25, 0.3) is 10.2 Å². The van der Waals surface area contributed by atoms with Gasteiger partial charge in [0.1, 0.15) is 0 Å². The van der Waals surface area contributed by atoms with Gasteiger partial charge < -0.3 is 0 Å². The van der Waals surface area contributed by atoms with Gasteiger partial charge in [0.05, 0.1) is 10.2 Å². The smallest absolute Gasteiger partial charge is 0.274 e. The van der Waals surface area contributed by atoms with Crippen LogP contribution < -0.4 is 4.87 Å². The molecular formula is C13H15NO2S. The Hall–Kier alpha value is -1.42. The molecule has 0 bridgehead atoms. The van der Waals surface area contributed by atoms with Crippen LogP contribution in [0.15, 0.2) is 29.1 Å². The summed E-state index contributed by atoms with van der Waals surface area (Å²) in [5.74, 6) is -0.125. The number of para-hydroxylation sites is 1. The SMILES string of the molecule is CC(C)(C)CC(=O)n1c(=O)sc2ccccc21. The molecule has 4 heteroatoms. The van der Waals surface area contributed by atoms with E-state index in [1.54, 1.807) is 0 Å². The van der Waals surface area contributed by atoms with Gasteiger partial charge in [-0.2, -0.15) is 0 Å². The Bertz CT molecular complexity index is 616. The van der Waals surface area contributed by atoms with Crippen molar-refractivity contribution in [1.29, 1.82) is 0 Å². The summed E-state index contributed by atoms with van der Waals surface area (Å²) in [7, 11) is 0. The average molecular weight is 249 g/mol. The summed E-state index contributed by atoms with van der Waals surface area (Å²) in [6, 6.07) is 7.39. The van der Waals surface area contributed by atoms with Gasteiger partial charge in [0, 0.05) is 6.42 Å². The molecule has 3 nitrogen and oxygen atoms in total. The average Bonchev–Trinajstić information content (AvgIpc) is 2.50. The number of fused-ring (bicyclic) bond motifs is 1. The number of carbonyl (C=O) groups excluding carboxylic acids is 1. The monoisotopic (exact) mass is 249 g/mol. The molecule has 0 saturated carbocycles. The van der Waals surface area contributed by atoms with Crippen LogP contribution in [0, 0.1) is 5.41 Å². The van der Waals surface area contributed by atoms with Crippen molar-refractivity contribution in [3.63, 3.8) is 0 Å². The Morgan fingerprint density at radius 3 is 2.59 bits per heavy atom.